The van der Waals surface area contributed by atoms with Gasteiger partial charge in [-0.1, -0.05) is 0 Å². The van der Waals surface area contributed by atoms with Crippen LogP contribution in [-0.4, -0.2) is 28.1 Å². The van der Waals surface area contributed by atoms with Gasteiger partial charge in [0.1, 0.15) is 0 Å². The monoisotopic (exact) mass is 234 g/mol. The maximum atomic E-state index is 12.0. The van der Waals surface area contributed by atoms with Gasteiger partial charge in [-0.25, -0.2) is 0 Å². The molecule has 0 unspecified atom stereocenters. The fourth-order valence-corrected chi connectivity index (χ4v) is 2.21. The smallest absolute Gasteiger partial charge is 0.253 e. The molecule has 1 aromatic rings. The summed E-state index contributed by atoms with van der Waals surface area (Å²) in [5.41, 5.74) is 1.39. The molecular formula is C13H18N2O2. The minimum Gasteiger partial charge on any atom is -0.393 e. The Balaban J connectivity index is 1.96. The van der Waals surface area contributed by atoms with E-state index in [0.717, 1.165) is 31.4 Å². The van der Waals surface area contributed by atoms with E-state index in [0.29, 0.717) is 5.56 Å². The Morgan fingerprint density at radius 2 is 2.12 bits per heavy atom. The van der Waals surface area contributed by atoms with E-state index in [9.17, 15) is 9.90 Å². The van der Waals surface area contributed by atoms with Crippen molar-refractivity contribution in [2.24, 2.45) is 0 Å². The van der Waals surface area contributed by atoms with Crippen molar-refractivity contribution in [3.63, 3.8) is 0 Å². The summed E-state index contributed by atoms with van der Waals surface area (Å²) >= 11 is 0. The summed E-state index contributed by atoms with van der Waals surface area (Å²) in [4.78, 5) is 16.1. The number of aliphatic hydroxyl groups is 1. The first kappa shape index (κ1) is 12.0. The first-order valence-electron chi connectivity index (χ1n) is 6.07. The Hall–Kier alpha value is -1.42. The van der Waals surface area contributed by atoms with Crippen LogP contribution in [-0.2, 0) is 0 Å². The van der Waals surface area contributed by atoms with E-state index in [1.165, 1.54) is 0 Å². The number of aliphatic hydroxyl groups excluding tert-OH is 1. The molecule has 0 bridgehead atoms. The summed E-state index contributed by atoms with van der Waals surface area (Å²) < 4.78 is 0. The molecule has 1 fully saturated rings. The Kier molecular flexibility index (Phi) is 3.74. The van der Waals surface area contributed by atoms with Gasteiger partial charge < -0.3 is 10.4 Å². The summed E-state index contributed by atoms with van der Waals surface area (Å²) in [5.74, 6) is -0.0583. The van der Waals surface area contributed by atoms with Crippen molar-refractivity contribution in [1.82, 2.24) is 10.3 Å². The van der Waals surface area contributed by atoms with E-state index in [1.54, 1.807) is 18.3 Å². The number of nitrogens with one attached hydrogen (secondary N) is 1. The molecule has 1 aliphatic carbocycles. The molecule has 4 heteroatoms. The summed E-state index contributed by atoms with van der Waals surface area (Å²) in [6.07, 6.45) is 4.75. The van der Waals surface area contributed by atoms with Crippen LogP contribution in [0.5, 0.6) is 0 Å². The normalized spacial score (nSPS) is 24.4. The van der Waals surface area contributed by atoms with Gasteiger partial charge in [-0.2, -0.15) is 0 Å². The van der Waals surface area contributed by atoms with E-state index in [-0.39, 0.29) is 18.1 Å². The topological polar surface area (TPSA) is 62.2 Å². The lowest BCUT2D eigenvalue weighted by Gasteiger charge is -2.26. The maximum absolute atomic E-state index is 12.0. The van der Waals surface area contributed by atoms with Crippen molar-refractivity contribution < 1.29 is 9.90 Å². The Morgan fingerprint density at radius 1 is 1.41 bits per heavy atom. The number of hydrogen-bond acceptors (Lipinski definition) is 3. The molecule has 0 atom stereocenters. The molecule has 1 saturated carbocycles. The van der Waals surface area contributed by atoms with Crippen LogP contribution in [0.15, 0.2) is 18.3 Å². The van der Waals surface area contributed by atoms with Crippen LogP contribution < -0.4 is 5.32 Å². The van der Waals surface area contributed by atoms with E-state index in [2.05, 4.69) is 10.3 Å². The molecule has 1 aliphatic rings. The van der Waals surface area contributed by atoms with Crippen molar-refractivity contribution >= 4 is 5.91 Å². The van der Waals surface area contributed by atoms with E-state index in [4.69, 9.17) is 0 Å². The maximum Gasteiger partial charge on any atom is 0.253 e. The number of aryl methyl sites for hydroxylation is 1. The van der Waals surface area contributed by atoms with Gasteiger partial charge in [0.05, 0.1) is 11.7 Å². The van der Waals surface area contributed by atoms with Gasteiger partial charge in [0.25, 0.3) is 5.91 Å². The van der Waals surface area contributed by atoms with Gasteiger partial charge in [-0.05, 0) is 44.7 Å². The number of carbonyl (C=O) groups excluding carboxylic acids is 1. The van der Waals surface area contributed by atoms with Crippen molar-refractivity contribution in [3.05, 3.63) is 29.6 Å². The molecule has 17 heavy (non-hydrogen) atoms. The van der Waals surface area contributed by atoms with E-state index in [1.807, 2.05) is 6.92 Å². The third-order valence-electron chi connectivity index (χ3n) is 3.28. The van der Waals surface area contributed by atoms with Crippen LogP contribution in [0.2, 0.25) is 0 Å². The molecule has 1 heterocycles. The van der Waals surface area contributed by atoms with Crippen molar-refractivity contribution in [3.8, 4) is 0 Å². The second-order valence-electron chi connectivity index (χ2n) is 4.62. The standard InChI is InChI=1S/C13H18N2O2/c1-9-12(3-2-8-14-9)13(17)15-10-4-6-11(16)7-5-10/h2-3,8,10-11,16H,4-7H2,1H3,(H,15,17). The molecule has 1 aromatic heterocycles. The molecule has 92 valence electrons. The summed E-state index contributed by atoms with van der Waals surface area (Å²) in [6, 6.07) is 3.74. The zero-order valence-electron chi connectivity index (χ0n) is 10.0. The minimum atomic E-state index is -0.191. The molecule has 0 saturated heterocycles. The van der Waals surface area contributed by atoms with Gasteiger partial charge in [-0.3, -0.25) is 9.78 Å². The molecule has 0 radical (unpaired) electrons. The molecule has 2 rings (SSSR count). The van der Waals surface area contributed by atoms with Crippen molar-refractivity contribution in [2.75, 3.05) is 0 Å². The predicted octanol–water partition coefficient (Wildman–Crippen LogP) is 1.42. The highest BCUT2D eigenvalue weighted by atomic mass is 16.3. The molecule has 1 amide bonds. The van der Waals surface area contributed by atoms with Gasteiger partial charge >= 0.3 is 0 Å². The third-order valence-corrected chi connectivity index (χ3v) is 3.28. The summed E-state index contributed by atoms with van der Waals surface area (Å²) in [5, 5.41) is 12.4. The summed E-state index contributed by atoms with van der Waals surface area (Å²) in [6.45, 7) is 1.83. The Bertz CT molecular complexity index is 398. The minimum absolute atomic E-state index is 0.0583. The van der Waals surface area contributed by atoms with Crippen molar-refractivity contribution in [1.29, 1.82) is 0 Å². The predicted molar refractivity (Wildman–Crippen MR) is 64.7 cm³/mol. The van der Waals surface area contributed by atoms with Crippen LogP contribution in [0, 0.1) is 6.92 Å². The lowest BCUT2D eigenvalue weighted by Crippen LogP contribution is -2.38. The number of hydrogen-bond donors (Lipinski definition) is 2. The lowest BCUT2D eigenvalue weighted by molar-refractivity contribution is 0.0866. The van der Waals surface area contributed by atoms with Gasteiger partial charge in [-0.15, -0.1) is 0 Å². The number of aromatic nitrogens is 1. The third kappa shape index (κ3) is 3.03. The van der Waals surface area contributed by atoms with Crippen LogP contribution in [0.1, 0.15) is 41.7 Å². The highest BCUT2D eigenvalue weighted by molar-refractivity contribution is 5.95. The average Bonchev–Trinajstić information content (AvgIpc) is 2.32. The zero-order chi connectivity index (χ0) is 12.3. The number of rotatable bonds is 2. The molecular weight excluding hydrogens is 216 g/mol. The van der Waals surface area contributed by atoms with Crippen LogP contribution in [0.3, 0.4) is 0 Å². The number of pyridine rings is 1. The zero-order valence-corrected chi connectivity index (χ0v) is 10.0. The van der Waals surface area contributed by atoms with E-state index >= 15 is 0 Å². The molecule has 0 aromatic carbocycles. The van der Waals surface area contributed by atoms with Gasteiger partial charge in [0, 0.05) is 17.9 Å². The quantitative estimate of drug-likeness (QED) is 0.813. The average molecular weight is 234 g/mol. The molecule has 2 N–H and O–H groups in total. The second kappa shape index (κ2) is 5.27. The van der Waals surface area contributed by atoms with Gasteiger partial charge in [0.2, 0.25) is 0 Å². The Labute approximate surface area is 101 Å². The Morgan fingerprint density at radius 3 is 2.76 bits per heavy atom. The molecule has 0 aliphatic heterocycles. The molecule has 4 nitrogen and oxygen atoms in total. The second-order valence-corrected chi connectivity index (χ2v) is 4.62. The SMILES string of the molecule is Cc1ncccc1C(=O)NC1CCC(O)CC1. The number of nitrogens with zero attached hydrogens (tertiary/aromatic N) is 1. The number of carbonyl (C=O) groups is 1. The first-order valence-corrected chi connectivity index (χ1v) is 6.07. The highest BCUT2D eigenvalue weighted by Gasteiger charge is 2.21. The lowest BCUT2D eigenvalue weighted by atomic mass is 9.93. The van der Waals surface area contributed by atoms with Crippen LogP contribution >= 0.6 is 0 Å². The first-order chi connectivity index (χ1) is 8.16. The summed E-state index contributed by atoms with van der Waals surface area (Å²) in [7, 11) is 0. The van der Waals surface area contributed by atoms with Crippen molar-refractivity contribution in [2.45, 2.75) is 44.8 Å². The largest absolute Gasteiger partial charge is 0.393 e. The number of amides is 1. The van der Waals surface area contributed by atoms with Gasteiger partial charge in [0.15, 0.2) is 0 Å². The fraction of sp³-hybridized carbons (Fsp3) is 0.538. The van der Waals surface area contributed by atoms with E-state index < -0.39 is 0 Å². The van der Waals surface area contributed by atoms with Crippen LogP contribution in [0.4, 0.5) is 0 Å². The molecule has 0 spiro atoms. The fourth-order valence-electron chi connectivity index (χ4n) is 2.21. The highest BCUT2D eigenvalue weighted by Crippen LogP contribution is 2.18. The van der Waals surface area contributed by atoms with Crippen LogP contribution in [0.25, 0.3) is 0 Å².